The van der Waals surface area contributed by atoms with Crippen molar-refractivity contribution >= 4 is 11.4 Å². The molecule has 0 saturated heterocycles. The Hall–Kier alpha value is -1.73. The van der Waals surface area contributed by atoms with Crippen LogP contribution < -0.4 is 11.1 Å². The first kappa shape index (κ1) is 12.3. The number of nitrogens with two attached hydrogens (primary N) is 1. The Morgan fingerprint density at radius 1 is 1.56 bits per heavy atom. The van der Waals surface area contributed by atoms with E-state index in [-0.39, 0.29) is 6.10 Å². The smallest absolute Gasteiger partial charge is 0.0992 e. The molecule has 0 aliphatic rings. The van der Waals surface area contributed by atoms with Crippen molar-refractivity contribution in [2.45, 2.75) is 25.9 Å². The van der Waals surface area contributed by atoms with Crippen molar-refractivity contribution in [3.05, 3.63) is 23.8 Å². The molecule has 4 heteroatoms. The monoisotopic (exact) mass is 219 g/mol. The standard InChI is InChI=1S/C12H17N3O/c1-2-3-10(16)8-15-12-6-9(7-13)4-5-11(12)14/h4-6,10,15-16H,2-3,8,14H2,1H3. The third-order valence-electron chi connectivity index (χ3n) is 2.33. The van der Waals surface area contributed by atoms with E-state index in [9.17, 15) is 5.11 Å². The van der Waals surface area contributed by atoms with Gasteiger partial charge in [-0.1, -0.05) is 13.3 Å². The van der Waals surface area contributed by atoms with Crippen LogP contribution in [0, 0.1) is 11.3 Å². The molecule has 0 saturated carbocycles. The van der Waals surface area contributed by atoms with Gasteiger partial charge in [-0.15, -0.1) is 0 Å². The molecule has 1 unspecified atom stereocenters. The van der Waals surface area contributed by atoms with Crippen molar-refractivity contribution < 1.29 is 5.11 Å². The van der Waals surface area contributed by atoms with Crippen LogP contribution in [0.1, 0.15) is 25.3 Å². The molecule has 1 aromatic carbocycles. The molecular formula is C12H17N3O. The highest BCUT2D eigenvalue weighted by molar-refractivity contribution is 5.68. The van der Waals surface area contributed by atoms with Gasteiger partial charge in [0.15, 0.2) is 0 Å². The molecule has 0 heterocycles. The Kier molecular flexibility index (Phi) is 4.62. The van der Waals surface area contributed by atoms with Crippen LogP contribution in [0.4, 0.5) is 11.4 Å². The lowest BCUT2D eigenvalue weighted by Gasteiger charge is -2.13. The average Bonchev–Trinajstić information content (AvgIpc) is 2.28. The molecule has 0 bridgehead atoms. The normalized spacial score (nSPS) is 11.8. The summed E-state index contributed by atoms with van der Waals surface area (Å²) in [5.74, 6) is 0. The Morgan fingerprint density at radius 3 is 2.94 bits per heavy atom. The number of hydrogen-bond acceptors (Lipinski definition) is 4. The summed E-state index contributed by atoms with van der Waals surface area (Å²) < 4.78 is 0. The Bertz CT molecular complexity index is 384. The zero-order chi connectivity index (χ0) is 12.0. The van der Waals surface area contributed by atoms with Gasteiger partial charge in [-0.3, -0.25) is 0 Å². The number of aliphatic hydroxyl groups is 1. The van der Waals surface area contributed by atoms with E-state index in [1.165, 1.54) is 0 Å². The van der Waals surface area contributed by atoms with E-state index in [1.54, 1.807) is 18.2 Å². The van der Waals surface area contributed by atoms with Gasteiger partial charge >= 0.3 is 0 Å². The second kappa shape index (κ2) is 5.99. The molecule has 0 radical (unpaired) electrons. The van der Waals surface area contributed by atoms with Gasteiger partial charge < -0.3 is 16.2 Å². The first-order chi connectivity index (χ1) is 7.67. The van der Waals surface area contributed by atoms with Gasteiger partial charge in [-0.25, -0.2) is 0 Å². The Labute approximate surface area is 95.7 Å². The zero-order valence-corrected chi connectivity index (χ0v) is 9.40. The van der Waals surface area contributed by atoms with Crippen LogP contribution in [0.2, 0.25) is 0 Å². The highest BCUT2D eigenvalue weighted by atomic mass is 16.3. The molecule has 0 amide bonds. The fourth-order valence-electron chi connectivity index (χ4n) is 1.44. The maximum absolute atomic E-state index is 9.56. The van der Waals surface area contributed by atoms with Crippen LogP contribution >= 0.6 is 0 Å². The molecule has 16 heavy (non-hydrogen) atoms. The lowest BCUT2D eigenvalue weighted by Crippen LogP contribution is -2.19. The molecular weight excluding hydrogens is 202 g/mol. The van der Waals surface area contributed by atoms with Crippen molar-refractivity contribution in [3.8, 4) is 6.07 Å². The van der Waals surface area contributed by atoms with Crippen LogP contribution in [-0.4, -0.2) is 17.8 Å². The molecule has 0 aliphatic carbocycles. The van der Waals surface area contributed by atoms with Gasteiger partial charge in [0, 0.05) is 6.54 Å². The summed E-state index contributed by atoms with van der Waals surface area (Å²) in [5, 5.41) is 21.4. The van der Waals surface area contributed by atoms with E-state index >= 15 is 0 Å². The summed E-state index contributed by atoms with van der Waals surface area (Å²) in [6.07, 6.45) is 1.32. The van der Waals surface area contributed by atoms with Crippen LogP contribution in [0.15, 0.2) is 18.2 Å². The number of nitrogens with zero attached hydrogens (tertiary/aromatic N) is 1. The van der Waals surface area contributed by atoms with Crippen LogP contribution in [0.5, 0.6) is 0 Å². The van der Waals surface area contributed by atoms with Crippen molar-refractivity contribution in [3.63, 3.8) is 0 Å². The molecule has 0 aromatic heterocycles. The van der Waals surface area contributed by atoms with E-state index < -0.39 is 0 Å². The van der Waals surface area contributed by atoms with E-state index in [0.29, 0.717) is 23.5 Å². The maximum Gasteiger partial charge on any atom is 0.0992 e. The van der Waals surface area contributed by atoms with Gasteiger partial charge in [0.2, 0.25) is 0 Å². The minimum absolute atomic E-state index is 0.379. The van der Waals surface area contributed by atoms with Crippen LogP contribution in [-0.2, 0) is 0 Å². The number of rotatable bonds is 5. The number of nitrogens with one attached hydrogen (secondary N) is 1. The lowest BCUT2D eigenvalue weighted by molar-refractivity contribution is 0.176. The number of hydrogen-bond donors (Lipinski definition) is 3. The Morgan fingerprint density at radius 2 is 2.31 bits per heavy atom. The molecule has 0 aliphatic heterocycles. The summed E-state index contributed by atoms with van der Waals surface area (Å²) in [6.45, 7) is 2.47. The topological polar surface area (TPSA) is 82.1 Å². The zero-order valence-electron chi connectivity index (χ0n) is 9.40. The van der Waals surface area contributed by atoms with E-state index in [0.717, 1.165) is 12.8 Å². The minimum atomic E-state index is -0.379. The van der Waals surface area contributed by atoms with E-state index in [4.69, 9.17) is 11.0 Å². The maximum atomic E-state index is 9.56. The third kappa shape index (κ3) is 3.44. The highest BCUT2D eigenvalue weighted by Crippen LogP contribution is 2.19. The van der Waals surface area contributed by atoms with Crippen LogP contribution in [0.25, 0.3) is 0 Å². The SMILES string of the molecule is CCCC(O)CNc1cc(C#N)ccc1N. The second-order valence-corrected chi connectivity index (χ2v) is 3.74. The molecule has 1 aromatic rings. The minimum Gasteiger partial charge on any atom is -0.397 e. The molecule has 0 fully saturated rings. The second-order valence-electron chi connectivity index (χ2n) is 3.74. The van der Waals surface area contributed by atoms with Crippen molar-refractivity contribution in [2.24, 2.45) is 0 Å². The third-order valence-corrected chi connectivity index (χ3v) is 2.33. The summed E-state index contributed by atoms with van der Waals surface area (Å²) >= 11 is 0. The number of nitriles is 1. The van der Waals surface area contributed by atoms with Crippen molar-refractivity contribution in [1.29, 1.82) is 5.26 Å². The molecule has 86 valence electrons. The predicted octanol–water partition coefficient (Wildman–Crippen LogP) is 1.71. The van der Waals surface area contributed by atoms with Crippen molar-refractivity contribution in [2.75, 3.05) is 17.6 Å². The van der Waals surface area contributed by atoms with Gasteiger partial charge in [0.1, 0.15) is 0 Å². The van der Waals surface area contributed by atoms with Gasteiger partial charge in [0.25, 0.3) is 0 Å². The molecule has 0 spiro atoms. The molecule has 4 nitrogen and oxygen atoms in total. The number of aliphatic hydroxyl groups excluding tert-OH is 1. The fourth-order valence-corrected chi connectivity index (χ4v) is 1.44. The summed E-state index contributed by atoms with van der Waals surface area (Å²) in [6, 6.07) is 7.10. The quantitative estimate of drug-likeness (QED) is 0.658. The number of nitrogen functional groups attached to an aromatic ring is 1. The summed E-state index contributed by atoms with van der Waals surface area (Å²) in [4.78, 5) is 0. The molecule has 4 N–H and O–H groups in total. The largest absolute Gasteiger partial charge is 0.397 e. The van der Waals surface area contributed by atoms with E-state index in [2.05, 4.69) is 5.32 Å². The van der Waals surface area contributed by atoms with Crippen molar-refractivity contribution in [1.82, 2.24) is 0 Å². The summed E-state index contributed by atoms with van der Waals surface area (Å²) in [5.41, 5.74) is 7.60. The number of benzene rings is 1. The van der Waals surface area contributed by atoms with Gasteiger partial charge in [0.05, 0.1) is 29.1 Å². The molecule has 1 rings (SSSR count). The fraction of sp³-hybridized carbons (Fsp3) is 0.417. The lowest BCUT2D eigenvalue weighted by atomic mass is 10.1. The van der Waals surface area contributed by atoms with Crippen LogP contribution in [0.3, 0.4) is 0 Å². The van der Waals surface area contributed by atoms with E-state index in [1.807, 2.05) is 13.0 Å². The highest BCUT2D eigenvalue weighted by Gasteiger charge is 2.04. The first-order valence-corrected chi connectivity index (χ1v) is 5.39. The first-order valence-electron chi connectivity index (χ1n) is 5.39. The summed E-state index contributed by atoms with van der Waals surface area (Å²) in [7, 11) is 0. The van der Waals surface area contributed by atoms with Gasteiger partial charge in [-0.05, 0) is 24.6 Å². The molecule has 1 atom stereocenters. The average molecular weight is 219 g/mol. The Balaban J connectivity index is 2.63. The van der Waals surface area contributed by atoms with Gasteiger partial charge in [-0.2, -0.15) is 5.26 Å². The number of anilines is 2. The predicted molar refractivity (Wildman–Crippen MR) is 65.0 cm³/mol.